The van der Waals surface area contributed by atoms with Gasteiger partial charge in [-0.15, -0.1) is 0 Å². The third-order valence-corrected chi connectivity index (χ3v) is 10.8. The van der Waals surface area contributed by atoms with Gasteiger partial charge in [-0.2, -0.15) is 26.3 Å². The monoisotopic (exact) mass is 745 g/mol. The number of methoxy groups -OCH3 is 1. The topological polar surface area (TPSA) is 49.4 Å². The largest absolute Gasteiger partial charge is 0.497 e. The van der Waals surface area contributed by atoms with Crippen molar-refractivity contribution in [2.75, 3.05) is 51.5 Å². The number of nitrogens with zero attached hydrogens (tertiary/aromatic N) is 1. The Balaban J connectivity index is 1.38. The molecule has 9 rings (SSSR count). The van der Waals surface area contributed by atoms with E-state index in [1.165, 1.54) is 31.4 Å². The van der Waals surface area contributed by atoms with E-state index >= 15 is 26.3 Å². The average Bonchev–Trinajstić information content (AvgIpc) is 3.26. The van der Waals surface area contributed by atoms with Crippen LogP contribution in [0, 0.1) is 0 Å². The summed E-state index contributed by atoms with van der Waals surface area (Å²) in [6.45, 7) is 2.52. The molecule has 5 aromatic carbocycles. The van der Waals surface area contributed by atoms with Gasteiger partial charge in [-0.05, 0) is 41.5 Å². The van der Waals surface area contributed by atoms with Gasteiger partial charge in [0.1, 0.15) is 36.2 Å². The fourth-order valence-corrected chi connectivity index (χ4v) is 8.52. The van der Waals surface area contributed by atoms with Crippen LogP contribution in [-0.2, 0) is 10.3 Å². The van der Waals surface area contributed by atoms with Crippen LogP contribution in [0.25, 0.3) is 28.0 Å². The van der Waals surface area contributed by atoms with Gasteiger partial charge in [0.05, 0.1) is 32.2 Å². The molecule has 3 heterocycles. The van der Waals surface area contributed by atoms with E-state index in [0.717, 1.165) is 11.8 Å². The maximum Gasteiger partial charge on any atom is 0.396 e. The summed E-state index contributed by atoms with van der Waals surface area (Å²) in [4.78, 5) is 2.19. The van der Waals surface area contributed by atoms with E-state index < -0.39 is 40.9 Å². The molecule has 1 fully saturated rings. The van der Waals surface area contributed by atoms with Crippen molar-refractivity contribution >= 4 is 22.5 Å². The molecular weight excluding hydrogens is 712 g/mol. The average molecular weight is 746 g/mol. The molecule has 3 aliphatic heterocycles. The van der Waals surface area contributed by atoms with Crippen molar-refractivity contribution in [1.29, 1.82) is 0 Å². The molecule has 1 saturated heterocycles. The molecule has 4 aliphatic rings. The maximum absolute atomic E-state index is 15.6. The lowest BCUT2D eigenvalue weighted by molar-refractivity contribution is -0.211. The maximum atomic E-state index is 15.6. The molecule has 0 N–H and O–H groups in total. The number of alkyl halides is 6. The second kappa shape index (κ2) is 12.6. The van der Waals surface area contributed by atoms with Crippen LogP contribution in [0.1, 0.15) is 39.7 Å². The van der Waals surface area contributed by atoms with Crippen LogP contribution >= 0.6 is 0 Å². The van der Waals surface area contributed by atoms with Crippen molar-refractivity contribution in [2.45, 2.75) is 29.8 Å². The molecule has 3 atom stereocenters. The third kappa shape index (κ3) is 5.36. The number of benzene rings is 5. The highest BCUT2D eigenvalue weighted by Gasteiger charge is 2.61. The summed E-state index contributed by atoms with van der Waals surface area (Å²) in [5.74, 6) is -5.42. The molecule has 5 aromatic rings. The van der Waals surface area contributed by atoms with Crippen molar-refractivity contribution in [2.24, 2.45) is 0 Å². The molecule has 0 spiro atoms. The van der Waals surface area contributed by atoms with Gasteiger partial charge >= 0.3 is 12.4 Å². The second-order valence-corrected chi connectivity index (χ2v) is 13.7. The van der Waals surface area contributed by atoms with Gasteiger partial charge in [0.2, 0.25) is 0 Å². The van der Waals surface area contributed by atoms with Gasteiger partial charge in [-0.1, -0.05) is 60.7 Å². The third-order valence-electron chi connectivity index (χ3n) is 10.8. The number of hydrogen-bond acceptors (Lipinski definition) is 6. The summed E-state index contributed by atoms with van der Waals surface area (Å²) < 4.78 is 123. The van der Waals surface area contributed by atoms with Gasteiger partial charge in [-0.25, -0.2) is 0 Å². The van der Waals surface area contributed by atoms with Crippen LogP contribution in [-0.4, -0.2) is 59.0 Å². The van der Waals surface area contributed by atoms with Gasteiger partial charge in [0.15, 0.2) is 5.60 Å². The zero-order valence-corrected chi connectivity index (χ0v) is 28.9. The number of anilines is 1. The molecular formula is C42H33F6NO5. The van der Waals surface area contributed by atoms with Crippen molar-refractivity contribution in [1.82, 2.24) is 0 Å². The quantitative estimate of drug-likeness (QED) is 0.171. The van der Waals surface area contributed by atoms with Crippen molar-refractivity contribution < 1.29 is 50.0 Å². The molecule has 0 radical (unpaired) electrons. The Hall–Kier alpha value is -5.36. The van der Waals surface area contributed by atoms with Gasteiger partial charge in [0.25, 0.3) is 0 Å². The minimum atomic E-state index is -5.32. The lowest BCUT2D eigenvalue weighted by Gasteiger charge is -2.42. The second-order valence-electron chi connectivity index (χ2n) is 13.7. The van der Waals surface area contributed by atoms with E-state index in [4.69, 9.17) is 23.7 Å². The van der Waals surface area contributed by atoms with E-state index in [2.05, 4.69) is 4.90 Å². The molecule has 0 bridgehead atoms. The van der Waals surface area contributed by atoms with Crippen molar-refractivity contribution in [3.05, 3.63) is 119 Å². The van der Waals surface area contributed by atoms with Gasteiger partial charge < -0.3 is 28.6 Å². The summed E-state index contributed by atoms with van der Waals surface area (Å²) in [6.07, 6.45) is -7.47. The zero-order valence-electron chi connectivity index (χ0n) is 28.9. The van der Waals surface area contributed by atoms with Crippen molar-refractivity contribution in [3.63, 3.8) is 0 Å². The summed E-state index contributed by atoms with van der Waals surface area (Å²) in [6, 6.07) is 24.0. The van der Waals surface area contributed by atoms with E-state index in [-0.39, 0.29) is 52.5 Å². The lowest BCUT2D eigenvalue weighted by atomic mass is 9.67. The minimum Gasteiger partial charge on any atom is -0.497 e. The summed E-state index contributed by atoms with van der Waals surface area (Å²) in [7, 11) is 1.45. The highest BCUT2D eigenvalue weighted by molar-refractivity contribution is 6.11. The molecule has 3 unspecified atom stereocenters. The van der Waals surface area contributed by atoms with Crippen LogP contribution in [0.4, 0.5) is 32.0 Å². The van der Waals surface area contributed by atoms with Crippen LogP contribution < -0.4 is 23.8 Å². The summed E-state index contributed by atoms with van der Waals surface area (Å²) >= 11 is 0. The Labute approximate surface area is 306 Å². The number of ether oxygens (including phenoxy) is 5. The fourth-order valence-electron chi connectivity index (χ4n) is 8.52. The first-order valence-corrected chi connectivity index (χ1v) is 17.6. The highest BCUT2D eigenvalue weighted by Crippen LogP contribution is 2.65. The first-order chi connectivity index (χ1) is 26.0. The fraction of sp³-hybridized carbons (Fsp3) is 0.286. The molecule has 1 aliphatic carbocycles. The van der Waals surface area contributed by atoms with Crippen LogP contribution in [0.2, 0.25) is 0 Å². The number of rotatable bonds is 4. The summed E-state index contributed by atoms with van der Waals surface area (Å²) in [5, 5.41) is 0.500. The lowest BCUT2D eigenvalue weighted by Crippen LogP contribution is -2.40. The first-order valence-electron chi connectivity index (χ1n) is 17.6. The number of halogens is 6. The number of morpholine rings is 1. The SMILES string of the molecule is COc1cc2c3c4c(c5c(c3c1)OC(c1ccccc1)(c1ccc(N3CCOCC3)cc1)C=C5)C(C(F)(F)F)C(C(F)(F)F)c1cccc(c1-4)OCCO2. The summed E-state index contributed by atoms with van der Waals surface area (Å²) in [5.41, 5.74) is -0.357. The van der Waals surface area contributed by atoms with Gasteiger partial charge in [0, 0.05) is 63.4 Å². The molecule has 0 aromatic heterocycles. The minimum absolute atomic E-state index is 0.0209. The van der Waals surface area contributed by atoms with Crippen LogP contribution in [0.3, 0.4) is 0 Å². The predicted molar refractivity (Wildman–Crippen MR) is 191 cm³/mol. The van der Waals surface area contributed by atoms with Crippen molar-refractivity contribution in [3.8, 4) is 34.1 Å². The normalized spacial score (nSPS) is 21.9. The Morgan fingerprint density at radius 2 is 1.41 bits per heavy atom. The van der Waals surface area contributed by atoms with Gasteiger partial charge in [-0.3, -0.25) is 0 Å². The Kier molecular flexibility index (Phi) is 8.04. The predicted octanol–water partition coefficient (Wildman–Crippen LogP) is 9.78. The smallest absolute Gasteiger partial charge is 0.396 e. The zero-order chi connectivity index (χ0) is 37.4. The molecule has 54 heavy (non-hydrogen) atoms. The van der Waals surface area contributed by atoms with E-state index in [1.807, 2.05) is 54.6 Å². The van der Waals surface area contributed by atoms with E-state index in [9.17, 15) is 0 Å². The first kappa shape index (κ1) is 34.4. The van der Waals surface area contributed by atoms with E-state index in [1.54, 1.807) is 12.1 Å². The van der Waals surface area contributed by atoms with Crippen LogP contribution in [0.5, 0.6) is 23.0 Å². The molecule has 0 amide bonds. The van der Waals surface area contributed by atoms with Crippen LogP contribution in [0.15, 0.2) is 91.0 Å². The Morgan fingerprint density at radius 1 is 0.722 bits per heavy atom. The Morgan fingerprint density at radius 3 is 2.09 bits per heavy atom. The van der Waals surface area contributed by atoms with E-state index in [0.29, 0.717) is 48.6 Å². The standard InChI is InChI=1S/C42H33F6NO5/c1-50-27-22-30-34-32(23-27)53-21-20-52-31-9-5-8-28-33(31)36(34)35(38(42(46,47)48)37(28)41(43,44)45)29-14-15-40(54-39(29)30,24-6-3-2-4-7-24)25-10-12-26(13-11-25)49-16-18-51-19-17-49/h2-15,22-23,37-38H,16-21H2,1H3. The highest BCUT2D eigenvalue weighted by atomic mass is 19.4. The number of hydrogen-bond donors (Lipinski definition) is 0. The number of fused-ring (bicyclic) bond motifs is 3. The molecule has 6 nitrogen and oxygen atoms in total. The molecule has 0 saturated carbocycles. The molecule has 12 heteroatoms. The Bertz CT molecular complexity index is 2280. The molecule has 278 valence electrons.